The number of hydrogen-bond donors (Lipinski definition) is 1. The van der Waals surface area contributed by atoms with E-state index in [1.54, 1.807) is 30.3 Å². The fraction of sp³-hybridized carbons (Fsp3) is 0.353. The Hall–Kier alpha value is -2.43. The molecule has 0 saturated heterocycles. The molecule has 0 spiro atoms. The molecule has 5 nitrogen and oxygen atoms in total. The summed E-state index contributed by atoms with van der Waals surface area (Å²) in [6.45, 7) is 2.56. The van der Waals surface area contributed by atoms with Gasteiger partial charge in [0.25, 0.3) is 5.56 Å². The van der Waals surface area contributed by atoms with Crippen molar-refractivity contribution in [3.63, 3.8) is 0 Å². The quantitative estimate of drug-likeness (QED) is 0.942. The highest BCUT2D eigenvalue weighted by molar-refractivity contribution is 5.87. The van der Waals surface area contributed by atoms with Crippen molar-refractivity contribution >= 4 is 5.97 Å². The number of hydrogen-bond acceptors (Lipinski definition) is 3. The lowest BCUT2D eigenvalue weighted by atomic mass is 9.88. The highest BCUT2D eigenvalue weighted by atomic mass is 16.4. The number of rotatable bonds is 3. The van der Waals surface area contributed by atoms with Gasteiger partial charge in [-0.05, 0) is 48.4 Å². The van der Waals surface area contributed by atoms with Gasteiger partial charge in [0.15, 0.2) is 0 Å². The van der Waals surface area contributed by atoms with Crippen LogP contribution in [0.4, 0.5) is 0 Å². The second-order valence-electron chi connectivity index (χ2n) is 5.96. The van der Waals surface area contributed by atoms with Crippen molar-refractivity contribution < 1.29 is 9.90 Å². The van der Waals surface area contributed by atoms with E-state index in [-0.39, 0.29) is 11.1 Å². The van der Waals surface area contributed by atoms with Gasteiger partial charge in [0.05, 0.1) is 17.8 Å². The Morgan fingerprint density at radius 2 is 2.09 bits per heavy atom. The molecule has 1 aliphatic rings. The van der Waals surface area contributed by atoms with Crippen LogP contribution in [0, 0.1) is 5.92 Å². The molecule has 1 unspecified atom stereocenters. The average molecular weight is 298 g/mol. The fourth-order valence-corrected chi connectivity index (χ4v) is 2.85. The number of nitrogens with zero attached hydrogens (tertiary/aromatic N) is 2. The number of aromatic nitrogens is 2. The molecular formula is C17H18N2O3. The predicted molar refractivity (Wildman–Crippen MR) is 82.2 cm³/mol. The number of carbonyl (C=O) groups is 1. The van der Waals surface area contributed by atoms with Crippen LogP contribution in [0.3, 0.4) is 0 Å². The maximum atomic E-state index is 12.2. The van der Waals surface area contributed by atoms with Gasteiger partial charge in [-0.15, -0.1) is 0 Å². The van der Waals surface area contributed by atoms with E-state index in [0.29, 0.717) is 12.5 Å². The summed E-state index contributed by atoms with van der Waals surface area (Å²) in [6.07, 6.45) is 2.94. The summed E-state index contributed by atoms with van der Waals surface area (Å²) in [5, 5.41) is 13.4. The Morgan fingerprint density at radius 1 is 1.36 bits per heavy atom. The van der Waals surface area contributed by atoms with Crippen molar-refractivity contribution in [2.24, 2.45) is 5.92 Å². The van der Waals surface area contributed by atoms with E-state index in [1.807, 2.05) is 0 Å². The molecule has 5 heteroatoms. The number of fused-ring (bicyclic) bond motifs is 1. The number of benzene rings is 1. The van der Waals surface area contributed by atoms with Crippen LogP contribution >= 0.6 is 0 Å². The Kier molecular flexibility index (Phi) is 3.79. The maximum Gasteiger partial charge on any atom is 0.335 e. The second-order valence-corrected chi connectivity index (χ2v) is 5.96. The minimum Gasteiger partial charge on any atom is -0.478 e. The maximum absolute atomic E-state index is 12.2. The minimum atomic E-state index is -0.954. The zero-order valence-electron chi connectivity index (χ0n) is 12.5. The lowest BCUT2D eigenvalue weighted by Gasteiger charge is -2.21. The molecule has 114 valence electrons. The fourth-order valence-electron chi connectivity index (χ4n) is 2.85. The molecule has 2 aromatic rings. The molecular weight excluding hydrogens is 280 g/mol. The van der Waals surface area contributed by atoms with E-state index in [0.717, 1.165) is 36.1 Å². The molecule has 0 amide bonds. The molecule has 1 aromatic carbocycles. The molecule has 0 bridgehead atoms. The number of carboxylic acid groups (broad SMARTS) is 1. The largest absolute Gasteiger partial charge is 0.478 e. The molecule has 0 saturated carbocycles. The van der Waals surface area contributed by atoms with Gasteiger partial charge in [-0.1, -0.05) is 19.1 Å². The van der Waals surface area contributed by atoms with Crippen LogP contribution in [0.5, 0.6) is 0 Å². The molecule has 1 atom stereocenters. The van der Waals surface area contributed by atoms with Gasteiger partial charge >= 0.3 is 5.97 Å². The highest BCUT2D eigenvalue weighted by Crippen LogP contribution is 2.22. The summed E-state index contributed by atoms with van der Waals surface area (Å²) < 4.78 is 1.46. The molecule has 1 aliphatic carbocycles. The summed E-state index contributed by atoms with van der Waals surface area (Å²) in [4.78, 5) is 23.0. The Labute approximate surface area is 128 Å². The average Bonchev–Trinajstić information content (AvgIpc) is 2.49. The minimum absolute atomic E-state index is 0.102. The first kappa shape index (κ1) is 14.5. The molecule has 0 radical (unpaired) electrons. The predicted octanol–water partition coefficient (Wildman–Crippen LogP) is 2.11. The Bertz CT molecular complexity index is 762. The van der Waals surface area contributed by atoms with Gasteiger partial charge in [-0.2, -0.15) is 5.10 Å². The third-order valence-electron chi connectivity index (χ3n) is 4.14. The smallest absolute Gasteiger partial charge is 0.335 e. The van der Waals surface area contributed by atoms with E-state index in [4.69, 9.17) is 5.11 Å². The van der Waals surface area contributed by atoms with E-state index in [1.165, 1.54) is 4.68 Å². The molecule has 0 aliphatic heterocycles. The van der Waals surface area contributed by atoms with Crippen molar-refractivity contribution in [1.29, 1.82) is 0 Å². The van der Waals surface area contributed by atoms with Crippen molar-refractivity contribution in [3.05, 3.63) is 63.1 Å². The van der Waals surface area contributed by atoms with Gasteiger partial charge < -0.3 is 5.11 Å². The van der Waals surface area contributed by atoms with Gasteiger partial charge in [0.1, 0.15) is 0 Å². The summed E-state index contributed by atoms with van der Waals surface area (Å²) in [5.74, 6) is -0.349. The number of carboxylic acids is 1. The topological polar surface area (TPSA) is 72.2 Å². The van der Waals surface area contributed by atoms with Gasteiger partial charge in [0.2, 0.25) is 0 Å². The van der Waals surface area contributed by atoms with Crippen molar-refractivity contribution in [2.75, 3.05) is 0 Å². The van der Waals surface area contributed by atoms with E-state index in [9.17, 15) is 9.59 Å². The van der Waals surface area contributed by atoms with Gasteiger partial charge in [-0.3, -0.25) is 4.79 Å². The Morgan fingerprint density at radius 3 is 2.77 bits per heavy atom. The monoisotopic (exact) mass is 298 g/mol. The molecule has 1 heterocycles. The normalized spacial score (nSPS) is 17.0. The van der Waals surface area contributed by atoms with Crippen LogP contribution in [-0.2, 0) is 19.4 Å². The summed E-state index contributed by atoms with van der Waals surface area (Å²) in [7, 11) is 0. The van der Waals surface area contributed by atoms with E-state index in [2.05, 4.69) is 12.0 Å². The molecule has 22 heavy (non-hydrogen) atoms. The first-order valence-electron chi connectivity index (χ1n) is 7.45. The standard InChI is InChI=1S/C17H18N2O3/c1-11-2-7-15-14(8-11)9-16(20)19(18-15)10-12-3-5-13(6-4-12)17(21)22/h3-6,9,11H,2,7-8,10H2,1H3,(H,21,22). The van der Waals surface area contributed by atoms with Crippen LogP contribution in [0.2, 0.25) is 0 Å². The number of aryl methyl sites for hydroxylation is 1. The van der Waals surface area contributed by atoms with Crippen molar-refractivity contribution in [1.82, 2.24) is 9.78 Å². The van der Waals surface area contributed by atoms with E-state index >= 15 is 0 Å². The zero-order valence-corrected chi connectivity index (χ0v) is 12.5. The molecule has 1 N–H and O–H groups in total. The van der Waals surface area contributed by atoms with Crippen LogP contribution < -0.4 is 5.56 Å². The van der Waals surface area contributed by atoms with Crippen molar-refractivity contribution in [2.45, 2.75) is 32.7 Å². The third kappa shape index (κ3) is 2.93. The van der Waals surface area contributed by atoms with Gasteiger partial charge in [0, 0.05) is 6.07 Å². The summed E-state index contributed by atoms with van der Waals surface area (Å²) in [5.41, 5.74) is 3.09. The summed E-state index contributed by atoms with van der Waals surface area (Å²) >= 11 is 0. The molecule has 1 aromatic heterocycles. The second kappa shape index (κ2) is 5.75. The Balaban J connectivity index is 1.86. The van der Waals surface area contributed by atoms with Crippen LogP contribution in [0.25, 0.3) is 0 Å². The highest BCUT2D eigenvalue weighted by Gasteiger charge is 2.18. The molecule has 0 fully saturated rings. The first-order chi connectivity index (χ1) is 10.5. The van der Waals surface area contributed by atoms with Crippen molar-refractivity contribution in [3.8, 4) is 0 Å². The first-order valence-corrected chi connectivity index (χ1v) is 7.45. The van der Waals surface area contributed by atoms with Crippen LogP contribution in [0.15, 0.2) is 35.1 Å². The lowest BCUT2D eigenvalue weighted by molar-refractivity contribution is 0.0697. The van der Waals surface area contributed by atoms with Gasteiger partial charge in [-0.25, -0.2) is 9.48 Å². The zero-order chi connectivity index (χ0) is 15.7. The van der Waals surface area contributed by atoms with E-state index < -0.39 is 5.97 Å². The van der Waals surface area contributed by atoms with Crippen LogP contribution in [0.1, 0.15) is 40.5 Å². The SMILES string of the molecule is CC1CCc2nn(Cc3ccc(C(=O)O)cc3)c(=O)cc2C1. The number of aromatic carboxylic acids is 1. The lowest BCUT2D eigenvalue weighted by Crippen LogP contribution is -2.28. The third-order valence-corrected chi connectivity index (χ3v) is 4.14. The van der Waals surface area contributed by atoms with Crippen LogP contribution in [-0.4, -0.2) is 20.9 Å². The molecule has 3 rings (SSSR count). The summed E-state index contributed by atoms with van der Waals surface area (Å²) in [6, 6.07) is 8.23.